The van der Waals surface area contributed by atoms with Gasteiger partial charge in [0.15, 0.2) is 0 Å². The first-order valence-electron chi connectivity index (χ1n) is 5.57. The highest BCUT2D eigenvalue weighted by Gasteiger charge is 2.21. The number of pyridine rings is 1. The molecule has 0 saturated heterocycles. The van der Waals surface area contributed by atoms with Crippen LogP contribution in [0.15, 0.2) is 30.5 Å². The molecule has 0 aliphatic carbocycles. The first-order chi connectivity index (χ1) is 9.00. The number of phenols is 1. The molecule has 0 saturated carbocycles. The third-order valence-corrected chi connectivity index (χ3v) is 2.74. The van der Waals surface area contributed by atoms with Crippen LogP contribution in [0.2, 0.25) is 0 Å². The van der Waals surface area contributed by atoms with Gasteiger partial charge in [0.1, 0.15) is 11.5 Å². The standard InChI is InChI=1S/C13H12N2O4/c1-8-6-7-14-13(12(8)15(17)18)19-11-5-3-4-10(16)9(11)2/h3-7,16H,1-2H3. The Balaban J connectivity index is 2.47. The molecule has 0 aliphatic heterocycles. The van der Waals surface area contributed by atoms with Crippen LogP contribution < -0.4 is 4.74 Å². The van der Waals surface area contributed by atoms with Crippen LogP contribution >= 0.6 is 0 Å². The van der Waals surface area contributed by atoms with Crippen molar-refractivity contribution < 1.29 is 14.8 Å². The first-order valence-corrected chi connectivity index (χ1v) is 5.57. The Morgan fingerprint density at radius 3 is 2.74 bits per heavy atom. The van der Waals surface area contributed by atoms with Crippen molar-refractivity contribution in [3.63, 3.8) is 0 Å². The zero-order valence-electron chi connectivity index (χ0n) is 10.5. The quantitative estimate of drug-likeness (QED) is 0.677. The van der Waals surface area contributed by atoms with E-state index >= 15 is 0 Å². The monoisotopic (exact) mass is 260 g/mol. The summed E-state index contributed by atoms with van der Waals surface area (Å²) in [6.45, 7) is 3.27. The van der Waals surface area contributed by atoms with Crippen molar-refractivity contribution in [1.82, 2.24) is 4.98 Å². The Bertz CT molecular complexity index is 641. The van der Waals surface area contributed by atoms with Crippen LogP contribution in [0.5, 0.6) is 17.4 Å². The smallest absolute Gasteiger partial charge is 0.334 e. The molecule has 6 heteroatoms. The van der Waals surface area contributed by atoms with Crippen LogP contribution in [0.25, 0.3) is 0 Å². The van der Waals surface area contributed by atoms with Gasteiger partial charge in [-0.3, -0.25) is 10.1 Å². The number of hydrogen-bond donors (Lipinski definition) is 1. The molecule has 19 heavy (non-hydrogen) atoms. The highest BCUT2D eigenvalue weighted by Crippen LogP contribution is 2.35. The summed E-state index contributed by atoms with van der Waals surface area (Å²) in [6, 6.07) is 6.27. The second-order valence-corrected chi connectivity index (χ2v) is 4.04. The van der Waals surface area contributed by atoms with Crippen molar-refractivity contribution in [2.75, 3.05) is 0 Å². The minimum atomic E-state index is -0.532. The second-order valence-electron chi connectivity index (χ2n) is 4.04. The fraction of sp³-hybridized carbons (Fsp3) is 0.154. The fourth-order valence-corrected chi connectivity index (χ4v) is 1.64. The van der Waals surface area contributed by atoms with Crippen molar-refractivity contribution in [2.24, 2.45) is 0 Å². The predicted molar refractivity (Wildman–Crippen MR) is 68.5 cm³/mol. The highest BCUT2D eigenvalue weighted by molar-refractivity contribution is 5.51. The average Bonchev–Trinajstić information content (AvgIpc) is 2.34. The summed E-state index contributed by atoms with van der Waals surface area (Å²) in [5.41, 5.74) is 0.790. The van der Waals surface area contributed by atoms with Crippen LogP contribution in [0.3, 0.4) is 0 Å². The molecule has 1 heterocycles. The number of hydrogen-bond acceptors (Lipinski definition) is 5. The number of aryl methyl sites for hydroxylation is 1. The molecule has 2 rings (SSSR count). The molecule has 6 nitrogen and oxygen atoms in total. The maximum absolute atomic E-state index is 11.0. The molecule has 0 bridgehead atoms. The van der Waals surface area contributed by atoms with Gasteiger partial charge in [-0.05, 0) is 32.0 Å². The van der Waals surface area contributed by atoms with Gasteiger partial charge in [-0.15, -0.1) is 0 Å². The maximum atomic E-state index is 11.0. The summed E-state index contributed by atoms with van der Waals surface area (Å²) in [6.07, 6.45) is 1.44. The Kier molecular flexibility index (Phi) is 3.33. The third-order valence-electron chi connectivity index (χ3n) is 2.74. The third kappa shape index (κ3) is 2.47. The SMILES string of the molecule is Cc1ccnc(Oc2cccc(O)c2C)c1[N+](=O)[O-]. The van der Waals surface area contributed by atoms with Crippen LogP contribution in [0, 0.1) is 24.0 Å². The van der Waals surface area contributed by atoms with Gasteiger partial charge in [-0.25, -0.2) is 4.98 Å². The second kappa shape index (κ2) is 4.93. The number of aromatic hydroxyl groups is 1. The van der Waals surface area contributed by atoms with Gasteiger partial charge < -0.3 is 9.84 Å². The van der Waals surface area contributed by atoms with Crippen LogP contribution in [0.1, 0.15) is 11.1 Å². The topological polar surface area (TPSA) is 85.5 Å². The molecule has 0 atom stereocenters. The van der Waals surface area contributed by atoms with Gasteiger partial charge >= 0.3 is 5.69 Å². The van der Waals surface area contributed by atoms with Crippen LogP contribution in [0.4, 0.5) is 5.69 Å². The summed E-state index contributed by atoms with van der Waals surface area (Å²) >= 11 is 0. The fourth-order valence-electron chi connectivity index (χ4n) is 1.64. The van der Waals surface area contributed by atoms with E-state index in [0.717, 1.165) is 0 Å². The molecule has 1 N–H and O–H groups in total. The number of ether oxygens (including phenoxy) is 1. The van der Waals surface area contributed by atoms with E-state index in [1.54, 1.807) is 32.0 Å². The lowest BCUT2D eigenvalue weighted by Crippen LogP contribution is -1.99. The summed E-state index contributed by atoms with van der Waals surface area (Å²) in [7, 11) is 0. The van der Waals surface area contributed by atoms with Crippen molar-refractivity contribution >= 4 is 5.69 Å². The summed E-state index contributed by atoms with van der Waals surface area (Å²) in [4.78, 5) is 14.4. The molecule has 0 aliphatic rings. The molecule has 1 aromatic heterocycles. The normalized spacial score (nSPS) is 10.2. The van der Waals surface area contributed by atoms with Gasteiger partial charge in [-0.1, -0.05) is 6.07 Å². The molecule has 0 radical (unpaired) electrons. The summed E-state index contributed by atoms with van der Waals surface area (Å²) in [5, 5.41) is 20.6. The number of aromatic nitrogens is 1. The van der Waals surface area contributed by atoms with Crippen molar-refractivity contribution in [1.29, 1.82) is 0 Å². The van der Waals surface area contributed by atoms with E-state index in [9.17, 15) is 15.2 Å². The van der Waals surface area contributed by atoms with E-state index < -0.39 is 4.92 Å². The van der Waals surface area contributed by atoms with Gasteiger partial charge in [-0.2, -0.15) is 0 Å². The maximum Gasteiger partial charge on any atom is 0.334 e. The predicted octanol–water partition coefficient (Wildman–Crippen LogP) is 3.10. The van der Waals surface area contributed by atoms with E-state index in [2.05, 4.69) is 4.98 Å². The van der Waals surface area contributed by atoms with E-state index in [4.69, 9.17) is 4.74 Å². The number of nitrogens with zero attached hydrogens (tertiary/aromatic N) is 2. The van der Waals surface area contributed by atoms with E-state index in [0.29, 0.717) is 16.9 Å². The number of nitro groups is 1. The summed E-state index contributed by atoms with van der Waals surface area (Å²) in [5.74, 6) is 0.313. The van der Waals surface area contributed by atoms with Gasteiger partial charge in [0, 0.05) is 17.3 Å². The molecule has 98 valence electrons. The molecule has 0 spiro atoms. The molecule has 0 amide bonds. The Morgan fingerprint density at radius 2 is 2.05 bits per heavy atom. The van der Waals surface area contributed by atoms with E-state index in [1.165, 1.54) is 12.3 Å². The molecule has 0 fully saturated rings. The molecule has 1 aromatic carbocycles. The Morgan fingerprint density at radius 1 is 1.32 bits per heavy atom. The number of phenolic OH excluding ortho intramolecular Hbond substituents is 1. The lowest BCUT2D eigenvalue weighted by Gasteiger charge is -2.09. The molecular weight excluding hydrogens is 248 g/mol. The van der Waals surface area contributed by atoms with Crippen molar-refractivity contribution in [3.05, 3.63) is 51.7 Å². The zero-order chi connectivity index (χ0) is 14.0. The van der Waals surface area contributed by atoms with E-state index in [1.807, 2.05) is 0 Å². The van der Waals surface area contributed by atoms with Crippen LogP contribution in [-0.4, -0.2) is 15.0 Å². The minimum absolute atomic E-state index is 0.0628. The first kappa shape index (κ1) is 12.8. The zero-order valence-corrected chi connectivity index (χ0v) is 10.5. The molecular formula is C13H12N2O4. The highest BCUT2D eigenvalue weighted by atomic mass is 16.6. The van der Waals surface area contributed by atoms with Gasteiger partial charge in [0.2, 0.25) is 0 Å². The van der Waals surface area contributed by atoms with Crippen molar-refractivity contribution in [2.45, 2.75) is 13.8 Å². The average molecular weight is 260 g/mol. The van der Waals surface area contributed by atoms with Gasteiger partial charge in [0.25, 0.3) is 5.88 Å². The van der Waals surface area contributed by atoms with E-state index in [-0.39, 0.29) is 17.3 Å². The van der Waals surface area contributed by atoms with Crippen LogP contribution in [-0.2, 0) is 0 Å². The largest absolute Gasteiger partial charge is 0.508 e. The minimum Gasteiger partial charge on any atom is -0.508 e. The van der Waals surface area contributed by atoms with Crippen molar-refractivity contribution in [3.8, 4) is 17.4 Å². The molecule has 2 aromatic rings. The Hall–Kier alpha value is -2.63. The lowest BCUT2D eigenvalue weighted by atomic mass is 10.2. The summed E-state index contributed by atoms with van der Waals surface area (Å²) < 4.78 is 5.45. The number of benzene rings is 1. The lowest BCUT2D eigenvalue weighted by molar-refractivity contribution is -0.386. The molecule has 0 unspecified atom stereocenters. The Labute approximate surface area is 109 Å². The number of rotatable bonds is 3. The van der Waals surface area contributed by atoms with Gasteiger partial charge in [0.05, 0.1) is 4.92 Å².